The van der Waals surface area contributed by atoms with E-state index in [-0.39, 0.29) is 0 Å². The summed E-state index contributed by atoms with van der Waals surface area (Å²) in [5, 5.41) is 8.93. The molecule has 2 aromatic heterocycles. The summed E-state index contributed by atoms with van der Waals surface area (Å²) in [4.78, 5) is 0. The van der Waals surface area contributed by atoms with Crippen LogP contribution in [-0.4, -0.2) is 21.7 Å². The highest BCUT2D eigenvalue weighted by molar-refractivity contribution is 6.30. The Labute approximate surface area is 109 Å². The number of rotatable bonds is 2. The second-order valence-electron chi connectivity index (χ2n) is 3.83. The van der Waals surface area contributed by atoms with Crippen LogP contribution >= 0.6 is 11.6 Å². The molecule has 3 rings (SSSR count). The molecule has 18 heavy (non-hydrogen) atoms. The van der Waals surface area contributed by atoms with E-state index in [1.165, 1.54) is 0 Å². The molecule has 0 radical (unpaired) electrons. The van der Waals surface area contributed by atoms with Crippen LogP contribution in [0.25, 0.3) is 17.0 Å². The topological polar surface area (TPSA) is 39.4 Å². The largest absolute Gasteiger partial charge is 0.497 e. The fourth-order valence-corrected chi connectivity index (χ4v) is 1.98. The van der Waals surface area contributed by atoms with Gasteiger partial charge in [-0.1, -0.05) is 23.7 Å². The molecule has 0 fully saturated rings. The van der Waals surface area contributed by atoms with Crippen molar-refractivity contribution in [2.24, 2.45) is 0 Å². The maximum atomic E-state index is 5.99. The van der Waals surface area contributed by atoms with Crippen molar-refractivity contribution in [2.45, 2.75) is 0 Å². The predicted octanol–water partition coefficient (Wildman–Crippen LogP) is 3.06. The van der Waals surface area contributed by atoms with Gasteiger partial charge in [0.1, 0.15) is 5.75 Å². The van der Waals surface area contributed by atoms with Gasteiger partial charge in [-0.2, -0.15) is 0 Å². The SMILES string of the molecule is COc1cccc(-c2nnc3ccc(Cl)cn23)c1. The first-order valence-electron chi connectivity index (χ1n) is 5.42. The first-order chi connectivity index (χ1) is 8.78. The van der Waals surface area contributed by atoms with Gasteiger partial charge in [0.2, 0.25) is 0 Å². The monoisotopic (exact) mass is 259 g/mol. The lowest BCUT2D eigenvalue weighted by Gasteiger charge is -2.03. The van der Waals surface area contributed by atoms with Crippen molar-refractivity contribution in [3.8, 4) is 17.1 Å². The maximum Gasteiger partial charge on any atom is 0.168 e. The number of hydrogen-bond donors (Lipinski definition) is 0. The van der Waals surface area contributed by atoms with Crippen molar-refractivity contribution < 1.29 is 4.74 Å². The molecule has 1 aromatic carbocycles. The summed E-state index contributed by atoms with van der Waals surface area (Å²) >= 11 is 5.99. The van der Waals surface area contributed by atoms with Gasteiger partial charge in [0, 0.05) is 11.8 Å². The average molecular weight is 260 g/mol. The van der Waals surface area contributed by atoms with Crippen LogP contribution in [0.15, 0.2) is 42.6 Å². The van der Waals surface area contributed by atoms with Crippen LogP contribution < -0.4 is 4.74 Å². The molecule has 0 bridgehead atoms. The van der Waals surface area contributed by atoms with E-state index in [4.69, 9.17) is 16.3 Å². The molecule has 0 aliphatic carbocycles. The minimum atomic E-state index is 0.645. The standard InChI is InChI=1S/C13H10ClN3O/c1-18-11-4-2-3-9(7-11)13-16-15-12-6-5-10(14)8-17(12)13/h2-8H,1H3. The van der Waals surface area contributed by atoms with E-state index in [1.807, 2.05) is 34.7 Å². The molecule has 2 heterocycles. The lowest BCUT2D eigenvalue weighted by atomic mass is 10.2. The Bertz CT molecular complexity index is 708. The molecule has 3 aromatic rings. The fourth-order valence-electron chi connectivity index (χ4n) is 1.82. The van der Waals surface area contributed by atoms with E-state index in [0.29, 0.717) is 5.02 Å². The molecular formula is C13H10ClN3O. The van der Waals surface area contributed by atoms with Gasteiger partial charge in [-0.3, -0.25) is 4.40 Å². The van der Waals surface area contributed by atoms with E-state index in [1.54, 1.807) is 19.4 Å². The lowest BCUT2D eigenvalue weighted by molar-refractivity contribution is 0.415. The third-order valence-electron chi connectivity index (χ3n) is 2.69. The molecule has 0 N–H and O–H groups in total. The van der Waals surface area contributed by atoms with Crippen LogP contribution in [0, 0.1) is 0 Å². The van der Waals surface area contributed by atoms with Gasteiger partial charge in [-0.25, -0.2) is 0 Å². The van der Waals surface area contributed by atoms with Crippen molar-refractivity contribution in [2.75, 3.05) is 7.11 Å². The molecule has 90 valence electrons. The van der Waals surface area contributed by atoms with Gasteiger partial charge in [0.25, 0.3) is 0 Å². The van der Waals surface area contributed by atoms with Gasteiger partial charge < -0.3 is 4.74 Å². The van der Waals surface area contributed by atoms with Crippen molar-refractivity contribution in [1.29, 1.82) is 0 Å². The highest BCUT2D eigenvalue weighted by Gasteiger charge is 2.08. The van der Waals surface area contributed by atoms with Crippen LogP contribution in [0.5, 0.6) is 5.75 Å². The van der Waals surface area contributed by atoms with Crippen LogP contribution in [0.3, 0.4) is 0 Å². The number of aromatic nitrogens is 3. The van der Waals surface area contributed by atoms with Gasteiger partial charge >= 0.3 is 0 Å². The third-order valence-corrected chi connectivity index (χ3v) is 2.92. The number of fused-ring (bicyclic) bond motifs is 1. The molecule has 0 aliphatic rings. The number of hydrogen-bond acceptors (Lipinski definition) is 3. The van der Waals surface area contributed by atoms with E-state index in [2.05, 4.69) is 10.2 Å². The van der Waals surface area contributed by atoms with E-state index in [0.717, 1.165) is 22.8 Å². The van der Waals surface area contributed by atoms with Gasteiger partial charge in [-0.15, -0.1) is 10.2 Å². The minimum Gasteiger partial charge on any atom is -0.497 e. The number of ether oxygens (including phenoxy) is 1. The molecule has 0 spiro atoms. The molecule has 0 saturated heterocycles. The highest BCUT2D eigenvalue weighted by Crippen LogP contribution is 2.23. The first-order valence-corrected chi connectivity index (χ1v) is 5.80. The van der Waals surface area contributed by atoms with Crippen LogP contribution in [0.1, 0.15) is 0 Å². The zero-order chi connectivity index (χ0) is 12.5. The summed E-state index contributed by atoms with van der Waals surface area (Å²) in [7, 11) is 1.64. The second kappa shape index (κ2) is 4.31. The van der Waals surface area contributed by atoms with Crippen LogP contribution in [-0.2, 0) is 0 Å². The molecule has 5 heteroatoms. The molecular weight excluding hydrogens is 250 g/mol. The van der Waals surface area contributed by atoms with Gasteiger partial charge in [0.15, 0.2) is 11.5 Å². The van der Waals surface area contributed by atoms with Crippen molar-refractivity contribution in [1.82, 2.24) is 14.6 Å². The predicted molar refractivity (Wildman–Crippen MR) is 70.0 cm³/mol. The normalized spacial score (nSPS) is 10.8. The lowest BCUT2D eigenvalue weighted by Crippen LogP contribution is -1.90. The Morgan fingerprint density at radius 3 is 2.89 bits per heavy atom. The molecule has 0 amide bonds. The fraction of sp³-hybridized carbons (Fsp3) is 0.0769. The van der Waals surface area contributed by atoms with Crippen LogP contribution in [0.4, 0.5) is 0 Å². The molecule has 0 saturated carbocycles. The van der Waals surface area contributed by atoms with Crippen LogP contribution in [0.2, 0.25) is 5.02 Å². The van der Waals surface area contributed by atoms with Crippen molar-refractivity contribution in [3.63, 3.8) is 0 Å². The number of pyridine rings is 1. The third kappa shape index (κ3) is 1.80. The number of halogens is 1. The average Bonchev–Trinajstić information content (AvgIpc) is 2.81. The summed E-state index contributed by atoms with van der Waals surface area (Å²) in [5.74, 6) is 1.53. The van der Waals surface area contributed by atoms with Gasteiger partial charge in [-0.05, 0) is 24.3 Å². The Morgan fingerprint density at radius 1 is 1.17 bits per heavy atom. The zero-order valence-corrected chi connectivity index (χ0v) is 10.4. The highest BCUT2D eigenvalue weighted by atomic mass is 35.5. The molecule has 0 aliphatic heterocycles. The Balaban J connectivity index is 2.21. The summed E-state index contributed by atoms with van der Waals surface area (Å²) in [6.07, 6.45) is 1.80. The van der Waals surface area contributed by atoms with E-state index in [9.17, 15) is 0 Å². The molecule has 4 nitrogen and oxygen atoms in total. The van der Waals surface area contributed by atoms with Gasteiger partial charge in [0.05, 0.1) is 12.1 Å². The number of methoxy groups -OCH3 is 1. The Hall–Kier alpha value is -2.07. The number of nitrogens with zero attached hydrogens (tertiary/aromatic N) is 3. The second-order valence-corrected chi connectivity index (χ2v) is 4.27. The van der Waals surface area contributed by atoms with E-state index < -0.39 is 0 Å². The first kappa shape index (κ1) is 11.0. The van der Waals surface area contributed by atoms with Crippen molar-refractivity contribution >= 4 is 17.2 Å². The quantitative estimate of drug-likeness (QED) is 0.710. The zero-order valence-electron chi connectivity index (χ0n) is 9.67. The van der Waals surface area contributed by atoms with Crippen molar-refractivity contribution in [3.05, 3.63) is 47.6 Å². The molecule has 0 unspecified atom stereocenters. The summed E-state index contributed by atoms with van der Waals surface area (Å²) in [5.41, 5.74) is 1.70. The summed E-state index contributed by atoms with van der Waals surface area (Å²) in [6, 6.07) is 11.3. The minimum absolute atomic E-state index is 0.645. The number of benzene rings is 1. The maximum absolute atomic E-state index is 5.99. The Morgan fingerprint density at radius 2 is 2.06 bits per heavy atom. The summed E-state index contributed by atoms with van der Waals surface area (Å²) < 4.78 is 7.06. The molecule has 0 atom stereocenters. The van der Waals surface area contributed by atoms with E-state index >= 15 is 0 Å². The Kier molecular flexibility index (Phi) is 2.64. The summed E-state index contributed by atoms with van der Waals surface area (Å²) in [6.45, 7) is 0. The smallest absolute Gasteiger partial charge is 0.168 e.